The summed E-state index contributed by atoms with van der Waals surface area (Å²) < 4.78 is 68.3. The third-order valence-electron chi connectivity index (χ3n) is 9.20. The molecule has 2 aliphatic rings. The number of rotatable bonds is 7. The van der Waals surface area contributed by atoms with E-state index in [2.05, 4.69) is 44.4 Å². The highest BCUT2D eigenvalue weighted by Crippen LogP contribution is 2.32. The summed E-state index contributed by atoms with van der Waals surface area (Å²) in [4.78, 5) is 25.2. The number of halogens is 3. The smallest absolute Gasteiger partial charge is 0.372 e. The van der Waals surface area contributed by atoms with E-state index in [-0.39, 0.29) is 35.2 Å². The van der Waals surface area contributed by atoms with Gasteiger partial charge in [0, 0.05) is 55.1 Å². The van der Waals surface area contributed by atoms with Gasteiger partial charge >= 0.3 is 6.18 Å². The zero-order valence-electron chi connectivity index (χ0n) is 27.3. The third-order valence-corrected chi connectivity index (χ3v) is 10.5. The monoisotopic (exact) mass is 693 g/mol. The Hall–Kier alpha value is -4.45. The van der Waals surface area contributed by atoms with E-state index in [0.717, 1.165) is 37.7 Å². The van der Waals surface area contributed by atoms with Crippen LogP contribution in [0.4, 0.5) is 30.5 Å². The molecule has 2 aromatic carbocycles. The second kappa shape index (κ2) is 14.2. The number of benzene rings is 2. The maximum absolute atomic E-state index is 14.0. The van der Waals surface area contributed by atoms with Crippen molar-refractivity contribution in [1.82, 2.24) is 24.2 Å². The van der Waals surface area contributed by atoms with Crippen LogP contribution in [0, 0.1) is 17.8 Å². The van der Waals surface area contributed by atoms with Gasteiger partial charge in [0.1, 0.15) is 5.65 Å². The Morgan fingerprint density at radius 2 is 1.73 bits per heavy atom. The zero-order chi connectivity index (χ0) is 34.8. The number of fused-ring (bicyclic) bond motifs is 1. The Morgan fingerprint density at radius 1 is 1.04 bits per heavy atom. The van der Waals surface area contributed by atoms with Gasteiger partial charge in [0.15, 0.2) is 0 Å². The molecule has 4 aromatic rings. The van der Waals surface area contributed by atoms with Crippen LogP contribution in [0.25, 0.3) is 11.0 Å². The fourth-order valence-electron chi connectivity index (χ4n) is 6.39. The number of nitrogens with one attached hydrogen (secondary N) is 2. The van der Waals surface area contributed by atoms with Gasteiger partial charge in [-0.1, -0.05) is 30.0 Å². The van der Waals surface area contributed by atoms with Crippen LogP contribution in [-0.2, 0) is 22.7 Å². The van der Waals surface area contributed by atoms with Gasteiger partial charge in [0.05, 0.1) is 23.9 Å². The van der Waals surface area contributed by atoms with E-state index in [1.165, 1.54) is 39.5 Å². The predicted molar refractivity (Wildman–Crippen MR) is 184 cm³/mol. The van der Waals surface area contributed by atoms with Gasteiger partial charge in [0.2, 0.25) is 16.0 Å². The lowest BCUT2D eigenvalue weighted by molar-refractivity contribution is -0.138. The van der Waals surface area contributed by atoms with Crippen molar-refractivity contribution in [1.29, 1.82) is 0 Å². The Bertz CT molecular complexity index is 2040. The molecule has 49 heavy (non-hydrogen) atoms. The van der Waals surface area contributed by atoms with Crippen molar-refractivity contribution >= 4 is 38.4 Å². The van der Waals surface area contributed by atoms with E-state index >= 15 is 0 Å². The number of sulfonamides is 1. The van der Waals surface area contributed by atoms with Gasteiger partial charge in [-0.2, -0.15) is 18.2 Å². The molecular formula is C35H38F3N7O3S. The van der Waals surface area contributed by atoms with Gasteiger partial charge in [-0.15, -0.1) is 0 Å². The molecule has 0 saturated carbocycles. The van der Waals surface area contributed by atoms with Crippen molar-refractivity contribution in [3.8, 4) is 11.8 Å². The first-order chi connectivity index (χ1) is 23.4. The number of nitrogens with zero attached hydrogens (tertiary/aromatic N) is 5. The molecule has 2 fully saturated rings. The minimum absolute atomic E-state index is 0.0850. The normalized spacial score (nSPS) is 16.7. The molecule has 0 aliphatic carbocycles. The number of pyridine rings is 1. The first-order valence-electron chi connectivity index (χ1n) is 16.2. The van der Waals surface area contributed by atoms with Crippen molar-refractivity contribution in [2.75, 3.05) is 49.7 Å². The van der Waals surface area contributed by atoms with Crippen LogP contribution in [0.2, 0.25) is 0 Å². The SMILES string of the molecule is CN(c1ccc(Nc2ncc3cc(C#CC4CCN(S(C)(=O)=O)CC4)c(=O)n(Cc4ccccc4C(F)(F)F)c3n2)cc1)C1CCNCC1. The first-order valence-corrected chi connectivity index (χ1v) is 18.0. The molecule has 2 aliphatic heterocycles. The van der Waals surface area contributed by atoms with Gasteiger partial charge in [-0.3, -0.25) is 9.36 Å². The van der Waals surface area contributed by atoms with Crippen molar-refractivity contribution in [3.05, 3.63) is 87.8 Å². The highest BCUT2D eigenvalue weighted by Gasteiger charge is 2.33. The lowest BCUT2D eigenvalue weighted by Crippen LogP contribution is -2.41. The summed E-state index contributed by atoms with van der Waals surface area (Å²) in [6.07, 6.45) is 1.21. The highest BCUT2D eigenvalue weighted by atomic mass is 32.2. The van der Waals surface area contributed by atoms with E-state index in [4.69, 9.17) is 0 Å². The van der Waals surface area contributed by atoms with Gasteiger partial charge in [-0.05, 0) is 80.7 Å². The molecule has 14 heteroatoms. The van der Waals surface area contributed by atoms with E-state index in [0.29, 0.717) is 43.0 Å². The molecule has 4 heterocycles. The summed E-state index contributed by atoms with van der Waals surface area (Å²) in [5.41, 5.74) is 0.532. The Morgan fingerprint density at radius 3 is 2.41 bits per heavy atom. The van der Waals surface area contributed by atoms with Crippen LogP contribution in [0.15, 0.2) is 65.6 Å². The molecule has 6 rings (SSSR count). The van der Waals surface area contributed by atoms with Crippen molar-refractivity contribution in [2.45, 2.75) is 44.4 Å². The van der Waals surface area contributed by atoms with Gasteiger partial charge < -0.3 is 15.5 Å². The summed E-state index contributed by atoms with van der Waals surface area (Å²) in [6.45, 7) is 2.25. The van der Waals surface area contributed by atoms with Crippen LogP contribution in [0.3, 0.4) is 0 Å². The van der Waals surface area contributed by atoms with E-state index in [9.17, 15) is 26.4 Å². The molecule has 0 spiro atoms. The molecule has 2 aromatic heterocycles. The second-order valence-corrected chi connectivity index (χ2v) is 14.5. The number of piperidine rings is 2. The topological polar surface area (TPSA) is 112 Å². The molecule has 2 N–H and O–H groups in total. The lowest BCUT2D eigenvalue weighted by Gasteiger charge is -2.33. The Balaban J connectivity index is 1.32. The quantitative estimate of drug-likeness (QED) is 0.266. The van der Waals surface area contributed by atoms with Crippen molar-refractivity contribution in [2.24, 2.45) is 5.92 Å². The summed E-state index contributed by atoms with van der Waals surface area (Å²) in [7, 11) is -1.22. The summed E-state index contributed by atoms with van der Waals surface area (Å²) >= 11 is 0. The molecule has 0 radical (unpaired) electrons. The molecular weight excluding hydrogens is 655 g/mol. The Labute approximate surface area is 283 Å². The van der Waals surface area contributed by atoms with Crippen LogP contribution in [0.1, 0.15) is 42.4 Å². The summed E-state index contributed by atoms with van der Waals surface area (Å²) in [6, 6.07) is 15.0. The molecule has 2 saturated heterocycles. The number of aromatic nitrogens is 3. The van der Waals surface area contributed by atoms with Crippen molar-refractivity contribution in [3.63, 3.8) is 0 Å². The molecule has 0 amide bonds. The average molecular weight is 694 g/mol. The van der Waals surface area contributed by atoms with E-state index < -0.39 is 27.3 Å². The molecule has 0 atom stereocenters. The van der Waals surface area contributed by atoms with Crippen LogP contribution >= 0.6 is 0 Å². The van der Waals surface area contributed by atoms with Crippen LogP contribution < -0.4 is 21.1 Å². The summed E-state index contributed by atoms with van der Waals surface area (Å²) in [5.74, 6) is 6.08. The molecule has 0 bridgehead atoms. The van der Waals surface area contributed by atoms with Gasteiger partial charge in [0.25, 0.3) is 5.56 Å². The molecule has 0 unspecified atom stereocenters. The third kappa shape index (κ3) is 8.07. The number of hydrogen-bond acceptors (Lipinski definition) is 8. The fourth-order valence-corrected chi connectivity index (χ4v) is 7.26. The predicted octanol–water partition coefficient (Wildman–Crippen LogP) is 4.81. The minimum atomic E-state index is -4.62. The zero-order valence-corrected chi connectivity index (χ0v) is 28.1. The number of anilines is 3. The lowest BCUT2D eigenvalue weighted by atomic mass is 9.98. The number of alkyl halides is 3. The standard InChI is InChI=1S/C35H38F3N7O3S/c1-43(30-13-17-39-18-14-30)29-11-9-28(10-12-29)41-34-40-22-27-21-25(8-7-24-15-19-44(20-16-24)49(2,47)48)33(46)45(32(27)42-34)23-26-5-3-4-6-31(26)35(36,37)38/h3-6,9-12,21-22,24,30,39H,13-20,23H2,1-2H3,(H,40,41,42). The van der Waals surface area contributed by atoms with Crippen LogP contribution in [0.5, 0.6) is 0 Å². The van der Waals surface area contributed by atoms with E-state index in [1.54, 1.807) is 6.07 Å². The second-order valence-electron chi connectivity index (χ2n) is 12.5. The molecule has 258 valence electrons. The Kier molecular flexibility index (Phi) is 9.96. The van der Waals surface area contributed by atoms with Crippen molar-refractivity contribution < 1.29 is 21.6 Å². The maximum atomic E-state index is 14.0. The largest absolute Gasteiger partial charge is 0.416 e. The maximum Gasteiger partial charge on any atom is 0.416 e. The molecule has 10 nitrogen and oxygen atoms in total. The fraction of sp³-hybridized carbons (Fsp3) is 0.400. The van der Waals surface area contributed by atoms with Crippen LogP contribution in [-0.4, -0.2) is 72.8 Å². The summed E-state index contributed by atoms with van der Waals surface area (Å²) in [5, 5.41) is 6.98. The first kappa shape index (κ1) is 34.4. The minimum Gasteiger partial charge on any atom is -0.372 e. The average Bonchev–Trinajstić information content (AvgIpc) is 3.09. The highest BCUT2D eigenvalue weighted by molar-refractivity contribution is 7.88. The van der Waals surface area contributed by atoms with Gasteiger partial charge in [-0.25, -0.2) is 17.7 Å². The van der Waals surface area contributed by atoms with E-state index in [1.807, 2.05) is 24.3 Å². The number of hydrogen-bond donors (Lipinski definition) is 2.